The molecule has 5 nitrogen and oxygen atoms in total. The summed E-state index contributed by atoms with van der Waals surface area (Å²) in [6.07, 6.45) is 17.4. The fourth-order valence-corrected chi connectivity index (χ4v) is 3.30. The van der Waals surface area contributed by atoms with E-state index in [2.05, 4.69) is 54.0 Å². The molecule has 0 radical (unpaired) electrons. The standard InChI is InChI=1S/C21H26O5/c1-6-18(22-19(4)13-8-9-16(3)12-14-19)11-10-17-15-21(20(17,5)7-2)23-25-26-24-21/h6-10,12-14H,2,11,15H2,1,3-5H3. The van der Waals surface area contributed by atoms with Crippen LogP contribution >= 0.6 is 0 Å². The minimum absolute atomic E-state index is 0.476. The molecule has 1 saturated heterocycles. The Bertz CT molecular complexity index is 721. The van der Waals surface area contributed by atoms with Crippen LogP contribution < -0.4 is 0 Å². The van der Waals surface area contributed by atoms with Gasteiger partial charge in [-0.3, -0.25) is 0 Å². The number of hydrogen-bond donors (Lipinski definition) is 0. The second kappa shape index (κ2) is 7.00. The molecule has 1 aliphatic heterocycles. The van der Waals surface area contributed by atoms with Crippen molar-refractivity contribution in [3.8, 4) is 0 Å². The molecule has 1 saturated carbocycles. The van der Waals surface area contributed by atoms with E-state index in [1.165, 1.54) is 5.57 Å². The maximum absolute atomic E-state index is 6.27. The molecule has 0 bridgehead atoms. The van der Waals surface area contributed by atoms with E-state index in [0.717, 1.165) is 11.3 Å². The molecule has 0 aromatic heterocycles. The predicted molar refractivity (Wildman–Crippen MR) is 98.0 cm³/mol. The van der Waals surface area contributed by atoms with Crippen LogP contribution in [0.15, 0.2) is 72.1 Å². The Morgan fingerprint density at radius 1 is 1.27 bits per heavy atom. The zero-order valence-corrected chi connectivity index (χ0v) is 15.8. The summed E-state index contributed by atoms with van der Waals surface area (Å²) in [5.41, 5.74) is 1.34. The summed E-state index contributed by atoms with van der Waals surface area (Å²) in [5, 5.41) is 8.95. The first-order valence-corrected chi connectivity index (χ1v) is 8.79. The van der Waals surface area contributed by atoms with Crippen LogP contribution in [0.3, 0.4) is 0 Å². The molecule has 2 atom stereocenters. The van der Waals surface area contributed by atoms with Crippen LogP contribution in [0.5, 0.6) is 0 Å². The highest BCUT2D eigenvalue weighted by Gasteiger charge is 2.66. The van der Waals surface area contributed by atoms with Crippen molar-refractivity contribution in [1.82, 2.24) is 0 Å². The minimum atomic E-state index is -0.959. The summed E-state index contributed by atoms with van der Waals surface area (Å²) >= 11 is 0. The lowest BCUT2D eigenvalue weighted by Crippen LogP contribution is -2.57. The SMILES string of the molecule is C=CC1(C)C(=CCC(=CC)OC2(C)C=CC=C(C)C=C2)CC12OOOO2. The van der Waals surface area contributed by atoms with E-state index in [1.54, 1.807) is 6.08 Å². The van der Waals surface area contributed by atoms with Gasteiger partial charge in [0.1, 0.15) is 5.60 Å². The van der Waals surface area contributed by atoms with E-state index in [4.69, 9.17) is 14.5 Å². The molecule has 140 valence electrons. The first-order chi connectivity index (χ1) is 12.4. The molecule has 1 spiro atoms. The molecule has 0 aromatic carbocycles. The fraction of sp³-hybridized carbons (Fsp3) is 0.429. The van der Waals surface area contributed by atoms with Gasteiger partial charge in [-0.2, -0.15) is 9.78 Å². The average Bonchev–Trinajstić information content (AvgIpc) is 3.07. The van der Waals surface area contributed by atoms with Crippen molar-refractivity contribution >= 4 is 0 Å². The second-order valence-corrected chi connectivity index (χ2v) is 7.22. The molecule has 3 rings (SSSR count). The first-order valence-electron chi connectivity index (χ1n) is 8.79. The Labute approximate surface area is 154 Å². The van der Waals surface area contributed by atoms with Crippen LogP contribution in [-0.4, -0.2) is 11.4 Å². The molecule has 26 heavy (non-hydrogen) atoms. The monoisotopic (exact) mass is 358 g/mol. The molecule has 2 unspecified atom stereocenters. The highest BCUT2D eigenvalue weighted by Crippen LogP contribution is 2.59. The predicted octanol–water partition coefficient (Wildman–Crippen LogP) is 5.17. The van der Waals surface area contributed by atoms with E-state index >= 15 is 0 Å². The van der Waals surface area contributed by atoms with Crippen molar-refractivity contribution in [2.24, 2.45) is 5.41 Å². The molecule has 5 heteroatoms. The summed E-state index contributed by atoms with van der Waals surface area (Å²) in [5.74, 6) is -0.0681. The van der Waals surface area contributed by atoms with E-state index in [-0.39, 0.29) is 0 Å². The third kappa shape index (κ3) is 3.23. The lowest BCUT2D eigenvalue weighted by molar-refractivity contribution is -0.532. The molecule has 3 aliphatic rings. The van der Waals surface area contributed by atoms with Crippen LogP contribution in [0.2, 0.25) is 0 Å². The molecule has 1 heterocycles. The average molecular weight is 358 g/mol. The Hall–Kier alpha value is -1.92. The van der Waals surface area contributed by atoms with Gasteiger partial charge in [0, 0.05) is 12.8 Å². The summed E-state index contributed by atoms with van der Waals surface area (Å²) in [6.45, 7) is 12.0. The van der Waals surface area contributed by atoms with Crippen LogP contribution in [0, 0.1) is 5.41 Å². The summed E-state index contributed by atoms with van der Waals surface area (Å²) in [6, 6.07) is 0. The van der Waals surface area contributed by atoms with Gasteiger partial charge < -0.3 is 4.74 Å². The van der Waals surface area contributed by atoms with E-state index in [0.29, 0.717) is 12.8 Å². The minimum Gasteiger partial charge on any atom is -0.484 e. The van der Waals surface area contributed by atoms with Crippen molar-refractivity contribution in [2.45, 2.75) is 51.9 Å². The normalized spacial score (nSPS) is 34.5. The quantitative estimate of drug-likeness (QED) is 0.385. The number of rotatable bonds is 5. The van der Waals surface area contributed by atoms with Gasteiger partial charge in [0.15, 0.2) is 0 Å². The maximum atomic E-state index is 6.27. The topological polar surface area (TPSA) is 46.2 Å². The third-order valence-corrected chi connectivity index (χ3v) is 5.34. The van der Waals surface area contributed by atoms with Gasteiger partial charge in [0.2, 0.25) is 0 Å². The molecule has 0 amide bonds. The maximum Gasteiger partial charge on any atom is 0.256 e. The number of ether oxygens (including phenoxy) is 1. The van der Waals surface area contributed by atoms with Crippen molar-refractivity contribution in [2.75, 3.05) is 0 Å². The first kappa shape index (κ1) is 18.9. The van der Waals surface area contributed by atoms with Crippen LogP contribution in [0.1, 0.15) is 40.5 Å². The van der Waals surface area contributed by atoms with Crippen molar-refractivity contribution in [3.63, 3.8) is 0 Å². The summed E-state index contributed by atoms with van der Waals surface area (Å²) < 4.78 is 6.27. The van der Waals surface area contributed by atoms with Gasteiger partial charge in [-0.15, -0.1) is 6.58 Å². The highest BCUT2D eigenvalue weighted by molar-refractivity contribution is 5.37. The highest BCUT2D eigenvalue weighted by atomic mass is 17.7. The zero-order chi connectivity index (χ0) is 18.8. The van der Waals surface area contributed by atoms with Crippen molar-refractivity contribution in [3.05, 3.63) is 72.1 Å². The molecule has 2 fully saturated rings. The molecular formula is C21H26O5. The van der Waals surface area contributed by atoms with Gasteiger partial charge in [0.05, 0.1) is 11.2 Å². The smallest absolute Gasteiger partial charge is 0.256 e. The fourth-order valence-electron chi connectivity index (χ4n) is 3.30. The van der Waals surface area contributed by atoms with Gasteiger partial charge in [0.25, 0.3) is 5.79 Å². The third-order valence-electron chi connectivity index (χ3n) is 5.34. The molecule has 0 N–H and O–H groups in total. The van der Waals surface area contributed by atoms with Gasteiger partial charge >= 0.3 is 0 Å². The molecular weight excluding hydrogens is 332 g/mol. The number of allylic oxidation sites excluding steroid dienone is 6. The Morgan fingerprint density at radius 2 is 2.00 bits per heavy atom. The second-order valence-electron chi connectivity index (χ2n) is 7.22. The van der Waals surface area contributed by atoms with E-state index < -0.39 is 16.8 Å². The number of hydrogen-bond acceptors (Lipinski definition) is 5. The summed E-state index contributed by atoms with van der Waals surface area (Å²) in [7, 11) is 0. The van der Waals surface area contributed by atoms with Crippen molar-refractivity contribution in [1.29, 1.82) is 0 Å². The van der Waals surface area contributed by atoms with Gasteiger partial charge in [-0.1, -0.05) is 41.5 Å². The van der Waals surface area contributed by atoms with Crippen molar-refractivity contribution < 1.29 is 24.6 Å². The summed E-state index contributed by atoms with van der Waals surface area (Å²) in [4.78, 5) is 10.4. The lowest BCUT2D eigenvalue weighted by Gasteiger charge is -2.50. The largest absolute Gasteiger partial charge is 0.484 e. The Morgan fingerprint density at radius 3 is 2.65 bits per heavy atom. The van der Waals surface area contributed by atoms with E-state index in [9.17, 15) is 0 Å². The zero-order valence-electron chi connectivity index (χ0n) is 15.8. The van der Waals surface area contributed by atoms with Crippen LogP contribution in [0.25, 0.3) is 0 Å². The lowest BCUT2D eigenvalue weighted by atomic mass is 9.60. The van der Waals surface area contributed by atoms with Gasteiger partial charge in [-0.25, -0.2) is 0 Å². The van der Waals surface area contributed by atoms with E-state index in [1.807, 2.05) is 32.9 Å². The molecule has 0 aromatic rings. The van der Waals surface area contributed by atoms with Crippen LogP contribution in [0.4, 0.5) is 0 Å². The molecule has 2 aliphatic carbocycles. The Balaban J connectivity index is 1.69. The Kier molecular flexibility index (Phi) is 5.08. The van der Waals surface area contributed by atoms with Crippen LogP contribution in [-0.2, 0) is 24.6 Å². The van der Waals surface area contributed by atoms with Gasteiger partial charge in [-0.05, 0) is 56.0 Å².